The van der Waals surface area contributed by atoms with Gasteiger partial charge in [-0.15, -0.1) is 0 Å². The van der Waals surface area contributed by atoms with E-state index in [-0.39, 0.29) is 11.9 Å². The van der Waals surface area contributed by atoms with Gasteiger partial charge in [0.1, 0.15) is 0 Å². The second-order valence-electron chi connectivity index (χ2n) is 3.74. The predicted molar refractivity (Wildman–Crippen MR) is 71.2 cm³/mol. The minimum Gasteiger partial charge on any atom is -0.348 e. The van der Waals surface area contributed by atoms with Crippen LogP contribution < -0.4 is 5.32 Å². The van der Waals surface area contributed by atoms with Crippen molar-refractivity contribution in [2.24, 2.45) is 0 Å². The summed E-state index contributed by atoms with van der Waals surface area (Å²) >= 11 is 3.40. The number of alkyl halides is 1. The van der Waals surface area contributed by atoms with Crippen LogP contribution in [0.4, 0.5) is 0 Å². The van der Waals surface area contributed by atoms with Crippen LogP contribution >= 0.6 is 15.9 Å². The second kappa shape index (κ2) is 6.69. The molecule has 0 spiro atoms. The lowest BCUT2D eigenvalue weighted by molar-refractivity contribution is 0.0939. The van der Waals surface area contributed by atoms with Crippen molar-refractivity contribution in [1.29, 1.82) is 0 Å². The molecule has 16 heavy (non-hydrogen) atoms. The first-order valence-electron chi connectivity index (χ1n) is 5.67. The highest BCUT2D eigenvalue weighted by molar-refractivity contribution is 9.09. The van der Waals surface area contributed by atoms with Crippen molar-refractivity contribution in [3.63, 3.8) is 0 Å². The Morgan fingerprint density at radius 3 is 2.62 bits per heavy atom. The van der Waals surface area contributed by atoms with Crippen LogP contribution in [-0.2, 0) is 6.42 Å². The molecule has 0 fully saturated rings. The first-order valence-corrected chi connectivity index (χ1v) is 6.79. The van der Waals surface area contributed by atoms with Gasteiger partial charge >= 0.3 is 0 Å². The van der Waals surface area contributed by atoms with Crippen molar-refractivity contribution in [1.82, 2.24) is 5.32 Å². The van der Waals surface area contributed by atoms with Crippen LogP contribution in [0.15, 0.2) is 24.3 Å². The van der Waals surface area contributed by atoms with E-state index in [1.807, 2.05) is 24.3 Å². The van der Waals surface area contributed by atoms with Crippen molar-refractivity contribution in [3.8, 4) is 0 Å². The van der Waals surface area contributed by atoms with Crippen molar-refractivity contribution in [2.75, 3.05) is 5.33 Å². The Bertz CT molecular complexity index is 348. The van der Waals surface area contributed by atoms with Crippen LogP contribution in [-0.4, -0.2) is 17.3 Å². The van der Waals surface area contributed by atoms with Gasteiger partial charge in [0, 0.05) is 16.9 Å². The summed E-state index contributed by atoms with van der Waals surface area (Å²) in [5.41, 5.74) is 1.90. The Morgan fingerprint density at radius 1 is 1.38 bits per heavy atom. The Balaban J connectivity index is 2.79. The van der Waals surface area contributed by atoms with Gasteiger partial charge in [-0.2, -0.15) is 0 Å². The third kappa shape index (κ3) is 3.34. The van der Waals surface area contributed by atoms with Gasteiger partial charge in [0.15, 0.2) is 0 Å². The van der Waals surface area contributed by atoms with Crippen LogP contribution in [0.25, 0.3) is 0 Å². The number of benzene rings is 1. The van der Waals surface area contributed by atoms with E-state index in [2.05, 4.69) is 35.1 Å². The summed E-state index contributed by atoms with van der Waals surface area (Å²) in [5.74, 6) is 0.0313. The molecule has 0 aromatic heterocycles. The summed E-state index contributed by atoms with van der Waals surface area (Å²) in [7, 11) is 0. The van der Waals surface area contributed by atoms with E-state index in [0.29, 0.717) is 0 Å². The summed E-state index contributed by atoms with van der Waals surface area (Å²) in [6.07, 6.45) is 1.82. The molecule has 88 valence electrons. The normalized spacial score (nSPS) is 12.2. The molecule has 1 atom stereocenters. The highest BCUT2D eigenvalue weighted by Crippen LogP contribution is 2.10. The van der Waals surface area contributed by atoms with E-state index >= 15 is 0 Å². The molecule has 1 N–H and O–H groups in total. The fourth-order valence-corrected chi connectivity index (χ4v) is 2.18. The third-order valence-electron chi connectivity index (χ3n) is 2.66. The molecule has 0 aliphatic rings. The number of carbonyl (C=O) groups excluding carboxylic acids is 1. The average Bonchev–Trinajstić information content (AvgIpc) is 2.35. The molecule has 1 aromatic carbocycles. The molecule has 0 saturated carbocycles. The molecule has 1 aromatic rings. The van der Waals surface area contributed by atoms with Gasteiger partial charge in [0.2, 0.25) is 0 Å². The second-order valence-corrected chi connectivity index (χ2v) is 4.39. The largest absolute Gasteiger partial charge is 0.348 e. The lowest BCUT2D eigenvalue weighted by Gasteiger charge is -2.15. The van der Waals surface area contributed by atoms with Crippen molar-refractivity contribution in [3.05, 3.63) is 35.4 Å². The van der Waals surface area contributed by atoms with Crippen LogP contribution in [0.3, 0.4) is 0 Å². The van der Waals surface area contributed by atoms with Gasteiger partial charge < -0.3 is 5.32 Å². The number of nitrogens with one attached hydrogen (secondary N) is 1. The maximum absolute atomic E-state index is 12.0. The summed E-state index contributed by atoms with van der Waals surface area (Å²) in [6, 6.07) is 7.97. The molecule has 1 unspecified atom stereocenters. The maximum atomic E-state index is 12.0. The monoisotopic (exact) mass is 283 g/mol. The van der Waals surface area contributed by atoms with E-state index in [1.54, 1.807) is 0 Å². The lowest BCUT2D eigenvalue weighted by atomic mass is 10.0. The van der Waals surface area contributed by atoms with Gasteiger partial charge in [-0.3, -0.25) is 4.79 Å². The molecular weight excluding hydrogens is 266 g/mol. The minimum atomic E-state index is 0.0313. The minimum absolute atomic E-state index is 0.0313. The number of hydrogen-bond donors (Lipinski definition) is 1. The highest BCUT2D eigenvalue weighted by Gasteiger charge is 2.13. The topological polar surface area (TPSA) is 29.1 Å². The van der Waals surface area contributed by atoms with Gasteiger partial charge in [-0.05, 0) is 24.5 Å². The number of halogens is 1. The number of rotatable bonds is 5. The molecule has 0 aliphatic carbocycles. The molecule has 0 heterocycles. The molecule has 1 rings (SSSR count). The Hall–Kier alpha value is -0.830. The molecule has 1 amide bonds. The van der Waals surface area contributed by atoms with Crippen molar-refractivity contribution in [2.45, 2.75) is 32.7 Å². The van der Waals surface area contributed by atoms with Crippen LogP contribution in [0.5, 0.6) is 0 Å². The standard InChI is InChI=1S/C13H18BrNO/c1-3-10-7-5-6-8-12(10)13(16)15-11(4-2)9-14/h5-8,11H,3-4,9H2,1-2H3,(H,15,16). The van der Waals surface area contributed by atoms with Crippen molar-refractivity contribution < 1.29 is 4.79 Å². The molecule has 2 nitrogen and oxygen atoms in total. The molecule has 0 bridgehead atoms. The highest BCUT2D eigenvalue weighted by atomic mass is 79.9. The van der Waals surface area contributed by atoms with E-state index in [4.69, 9.17) is 0 Å². The summed E-state index contributed by atoms with van der Waals surface area (Å²) in [4.78, 5) is 12.0. The van der Waals surface area contributed by atoms with E-state index in [0.717, 1.165) is 29.3 Å². The molecular formula is C13H18BrNO. The predicted octanol–water partition coefficient (Wildman–Crippen LogP) is 3.15. The zero-order chi connectivity index (χ0) is 12.0. The Kier molecular flexibility index (Phi) is 5.53. The SMILES string of the molecule is CCc1ccccc1C(=O)NC(CC)CBr. The number of carbonyl (C=O) groups is 1. The van der Waals surface area contributed by atoms with Crippen LogP contribution in [0.2, 0.25) is 0 Å². The third-order valence-corrected chi connectivity index (χ3v) is 3.44. The van der Waals surface area contributed by atoms with E-state index < -0.39 is 0 Å². The zero-order valence-corrected chi connectivity index (χ0v) is 11.4. The van der Waals surface area contributed by atoms with Gasteiger partial charge in [-0.1, -0.05) is 48.0 Å². The lowest BCUT2D eigenvalue weighted by Crippen LogP contribution is -2.35. The Morgan fingerprint density at radius 2 is 2.06 bits per heavy atom. The summed E-state index contributed by atoms with van der Waals surface area (Å²) < 4.78 is 0. The fraction of sp³-hybridized carbons (Fsp3) is 0.462. The number of aryl methyl sites for hydroxylation is 1. The number of hydrogen-bond acceptors (Lipinski definition) is 1. The van der Waals surface area contributed by atoms with E-state index in [1.165, 1.54) is 0 Å². The first kappa shape index (κ1) is 13.2. The number of amides is 1. The van der Waals surface area contributed by atoms with Crippen molar-refractivity contribution >= 4 is 21.8 Å². The average molecular weight is 284 g/mol. The van der Waals surface area contributed by atoms with Gasteiger partial charge in [0.05, 0.1) is 0 Å². The van der Waals surface area contributed by atoms with Gasteiger partial charge in [0.25, 0.3) is 5.91 Å². The summed E-state index contributed by atoms with van der Waals surface area (Å²) in [5, 5.41) is 3.82. The van der Waals surface area contributed by atoms with Crippen LogP contribution in [0, 0.1) is 0 Å². The maximum Gasteiger partial charge on any atom is 0.251 e. The molecule has 0 saturated heterocycles. The van der Waals surface area contributed by atoms with Gasteiger partial charge in [-0.25, -0.2) is 0 Å². The first-order chi connectivity index (χ1) is 7.72. The zero-order valence-electron chi connectivity index (χ0n) is 9.79. The van der Waals surface area contributed by atoms with E-state index in [9.17, 15) is 4.79 Å². The fourth-order valence-electron chi connectivity index (χ4n) is 1.56. The summed E-state index contributed by atoms with van der Waals surface area (Å²) in [6.45, 7) is 4.13. The van der Waals surface area contributed by atoms with Crippen LogP contribution in [0.1, 0.15) is 36.2 Å². The smallest absolute Gasteiger partial charge is 0.251 e. The Labute approximate surface area is 106 Å². The molecule has 0 radical (unpaired) electrons. The molecule has 3 heteroatoms. The quantitative estimate of drug-likeness (QED) is 0.827. The molecule has 0 aliphatic heterocycles.